The molecule has 3 N–H and O–H groups in total. The van der Waals surface area contributed by atoms with Crippen molar-refractivity contribution >= 4 is 39.5 Å². The largest absolute Gasteiger partial charge is 0.472 e. The normalized spacial score (nSPS) is 14.9. The van der Waals surface area contributed by atoms with E-state index < -0.39 is 97.5 Å². The number of esters is 4. The number of rotatable bonds is 70. The van der Waals surface area contributed by atoms with Crippen molar-refractivity contribution in [2.75, 3.05) is 39.6 Å². The Kier molecular flexibility index (Phi) is 69.7. The predicted octanol–water partition coefficient (Wildman–Crippen LogP) is 22.2. The SMILES string of the molecule is CC/C=C\C/C=C\C/C=C\C/C=C\C/C=C\CCCCCC(=O)OCC(COP(=O)(O)OCC(O)COP(=O)(O)OCC(COC(=O)CCCCCCCCC/C=C\C/C=C\C/C=C\CC)OC(=O)C/C=C\C/C=C\C/C=C\C/C=C\C/C=C\CC)OC(=O)CCCCCCC/C=C\CCCC. The van der Waals surface area contributed by atoms with Crippen molar-refractivity contribution in [2.45, 2.75) is 290 Å². The van der Waals surface area contributed by atoms with Gasteiger partial charge < -0.3 is 33.8 Å². The van der Waals surface area contributed by atoms with Crippen LogP contribution in [-0.4, -0.2) is 96.7 Å². The number of allylic oxidation sites excluding steroid dienone is 27. The van der Waals surface area contributed by atoms with Crippen LogP contribution in [0.3, 0.4) is 0 Å². The van der Waals surface area contributed by atoms with Gasteiger partial charge >= 0.3 is 39.5 Å². The van der Waals surface area contributed by atoms with Gasteiger partial charge in [0, 0.05) is 19.3 Å². The zero-order chi connectivity index (χ0) is 74.6. The van der Waals surface area contributed by atoms with Crippen LogP contribution in [0.4, 0.5) is 0 Å². The number of ether oxygens (including phenoxy) is 4. The van der Waals surface area contributed by atoms with E-state index in [1.807, 2.05) is 12.2 Å². The highest BCUT2D eigenvalue weighted by Gasteiger charge is 2.30. The predicted molar refractivity (Wildman–Crippen MR) is 417 cm³/mol. The van der Waals surface area contributed by atoms with Crippen LogP contribution in [0.15, 0.2) is 170 Å². The van der Waals surface area contributed by atoms with Crippen LogP contribution in [0.2, 0.25) is 0 Å². The second-order valence-electron chi connectivity index (χ2n) is 24.8. The van der Waals surface area contributed by atoms with Gasteiger partial charge in [-0.3, -0.25) is 37.3 Å². The lowest BCUT2D eigenvalue weighted by molar-refractivity contribution is -0.161. The third kappa shape index (κ3) is 72.8. The summed E-state index contributed by atoms with van der Waals surface area (Å²) in [7, 11) is -10.0. The maximum Gasteiger partial charge on any atom is 0.472 e. The van der Waals surface area contributed by atoms with E-state index in [2.05, 4.69) is 174 Å². The van der Waals surface area contributed by atoms with Crippen LogP contribution in [0.25, 0.3) is 0 Å². The molecule has 0 heterocycles. The molecule has 0 aromatic carbocycles. The Hall–Kier alpha value is -5.58. The Morgan fingerprint density at radius 1 is 0.294 bits per heavy atom. The van der Waals surface area contributed by atoms with Gasteiger partial charge in [0.2, 0.25) is 0 Å². The Balaban J connectivity index is 5.44. The third-order valence-corrected chi connectivity index (χ3v) is 17.1. The molecular weight excluding hydrogens is 1330 g/mol. The van der Waals surface area contributed by atoms with Crippen LogP contribution in [0, 0.1) is 0 Å². The lowest BCUT2D eigenvalue weighted by atomic mass is 10.1. The van der Waals surface area contributed by atoms with E-state index in [0.29, 0.717) is 25.7 Å². The Morgan fingerprint density at radius 2 is 0.549 bits per heavy atom. The fourth-order valence-corrected chi connectivity index (χ4v) is 11.0. The summed E-state index contributed by atoms with van der Waals surface area (Å²) >= 11 is 0. The lowest BCUT2D eigenvalue weighted by Crippen LogP contribution is -2.30. The first-order valence-corrected chi connectivity index (χ1v) is 41.4. The van der Waals surface area contributed by atoms with Crippen LogP contribution in [-0.2, 0) is 65.4 Å². The van der Waals surface area contributed by atoms with Crippen molar-refractivity contribution < 1.29 is 80.2 Å². The molecular formula is C83H134O17P2. The van der Waals surface area contributed by atoms with Crippen molar-refractivity contribution in [3.05, 3.63) is 170 Å². The van der Waals surface area contributed by atoms with E-state index >= 15 is 0 Å². The summed E-state index contributed by atoms with van der Waals surface area (Å²) in [6.07, 6.45) is 86.7. The van der Waals surface area contributed by atoms with Gasteiger partial charge in [0.15, 0.2) is 12.2 Å². The van der Waals surface area contributed by atoms with Gasteiger partial charge in [0.05, 0.1) is 32.8 Å². The molecule has 19 heteroatoms. The molecule has 0 bridgehead atoms. The number of aliphatic hydroxyl groups excluding tert-OH is 1. The Bertz CT molecular complexity index is 2600. The van der Waals surface area contributed by atoms with Crippen molar-refractivity contribution in [1.82, 2.24) is 0 Å². The first-order valence-electron chi connectivity index (χ1n) is 38.4. The third-order valence-electron chi connectivity index (χ3n) is 15.2. The minimum atomic E-state index is -5.01. The molecule has 578 valence electrons. The number of carbonyl (C=O) groups excluding carboxylic acids is 4. The minimum absolute atomic E-state index is 0.0684. The van der Waals surface area contributed by atoms with Crippen LogP contribution in [0.5, 0.6) is 0 Å². The fraction of sp³-hybridized carbons (Fsp3) is 0.614. The average Bonchev–Trinajstić information content (AvgIpc) is 0.926. The molecule has 0 aromatic rings. The molecule has 0 fully saturated rings. The van der Waals surface area contributed by atoms with E-state index in [1.54, 1.807) is 12.2 Å². The number of hydrogen-bond donors (Lipinski definition) is 3. The second-order valence-corrected chi connectivity index (χ2v) is 27.7. The highest BCUT2D eigenvalue weighted by atomic mass is 31.2. The summed E-state index contributed by atoms with van der Waals surface area (Å²) in [6, 6.07) is 0. The maximum atomic E-state index is 13.1. The first-order chi connectivity index (χ1) is 49.7. The number of hydrogen-bond acceptors (Lipinski definition) is 15. The number of aliphatic hydroxyl groups is 1. The van der Waals surface area contributed by atoms with Gasteiger partial charge in [0.1, 0.15) is 19.3 Å². The fourth-order valence-electron chi connectivity index (χ4n) is 9.43. The van der Waals surface area contributed by atoms with Crippen molar-refractivity contribution in [2.24, 2.45) is 0 Å². The van der Waals surface area contributed by atoms with Crippen LogP contribution >= 0.6 is 15.6 Å². The highest BCUT2D eigenvalue weighted by molar-refractivity contribution is 7.47. The molecule has 0 aliphatic rings. The molecule has 0 aromatic heterocycles. The van der Waals surface area contributed by atoms with E-state index in [4.69, 9.17) is 37.0 Å². The molecule has 0 aliphatic heterocycles. The standard InChI is InChI=1S/C83H134O17P2/c1-5-9-13-17-21-25-29-32-35-37-38-40-43-45-49-52-56-60-64-68-80(85)93-73-78(99-82(87)69-65-61-57-53-47-28-24-20-16-12-8-4)75-97-101(89,90)95-71-77(84)72-96-102(91,92)98-76-79(100-83(88)70-66-62-58-54-50-46-41-34-31-27-23-19-15-11-7-3)74-94-81(86)67-63-59-55-51-48-44-42-39-36-33-30-26-22-18-14-10-6-2/h9-11,13-15,20-27,32-36,38,40-41,45,49-50,54,62,66,77-79,84H,5-8,12,16-19,28-31,37,39,42-44,46-48,51-53,55-61,63-65,67-76H2,1-4H3,(H,89,90)(H,91,92)/b13-9-,14-10-,15-11-,24-20-,25-21-,26-22-,27-23-,35-32-,36-33-,40-38-,41-34-,49-45-,54-50-,66-62-. The van der Waals surface area contributed by atoms with Gasteiger partial charge in [-0.05, 0) is 148 Å². The molecule has 0 rings (SSSR count). The summed E-state index contributed by atoms with van der Waals surface area (Å²) in [6.45, 7) is 4.29. The second kappa shape index (κ2) is 73.7. The summed E-state index contributed by atoms with van der Waals surface area (Å²) in [5, 5.41) is 10.6. The summed E-state index contributed by atoms with van der Waals surface area (Å²) in [5.74, 6) is -2.40. The molecule has 0 saturated carbocycles. The molecule has 0 spiro atoms. The Morgan fingerprint density at radius 3 is 0.892 bits per heavy atom. The van der Waals surface area contributed by atoms with Gasteiger partial charge in [-0.2, -0.15) is 0 Å². The smallest absolute Gasteiger partial charge is 0.462 e. The molecule has 5 atom stereocenters. The maximum absolute atomic E-state index is 13.1. The van der Waals surface area contributed by atoms with Crippen molar-refractivity contribution in [3.63, 3.8) is 0 Å². The number of unbranched alkanes of at least 4 members (excludes halogenated alkanes) is 17. The number of phosphoric ester groups is 2. The average molecular weight is 1470 g/mol. The quantitative estimate of drug-likeness (QED) is 0.0169. The summed E-state index contributed by atoms with van der Waals surface area (Å²) in [4.78, 5) is 72.8. The van der Waals surface area contributed by atoms with Gasteiger partial charge in [-0.25, -0.2) is 9.13 Å². The molecule has 0 aliphatic carbocycles. The van der Waals surface area contributed by atoms with Gasteiger partial charge in [-0.1, -0.05) is 268 Å². The minimum Gasteiger partial charge on any atom is -0.462 e. The number of carbonyl (C=O) groups is 4. The van der Waals surface area contributed by atoms with Gasteiger partial charge in [0.25, 0.3) is 0 Å². The Labute approximate surface area is 616 Å². The van der Waals surface area contributed by atoms with Crippen molar-refractivity contribution in [3.8, 4) is 0 Å². The molecule has 5 unspecified atom stereocenters. The van der Waals surface area contributed by atoms with E-state index in [0.717, 1.165) is 180 Å². The monoisotopic (exact) mass is 1460 g/mol. The van der Waals surface area contributed by atoms with E-state index in [1.165, 1.54) is 12.8 Å². The van der Waals surface area contributed by atoms with Crippen LogP contribution in [0.1, 0.15) is 272 Å². The zero-order valence-electron chi connectivity index (χ0n) is 63.0. The van der Waals surface area contributed by atoms with Gasteiger partial charge in [-0.15, -0.1) is 0 Å². The molecule has 0 saturated heterocycles. The van der Waals surface area contributed by atoms with E-state index in [9.17, 15) is 43.2 Å². The molecule has 0 amide bonds. The van der Waals surface area contributed by atoms with Crippen molar-refractivity contribution in [1.29, 1.82) is 0 Å². The summed E-state index contributed by atoms with van der Waals surface area (Å²) in [5.41, 5.74) is 0. The zero-order valence-corrected chi connectivity index (χ0v) is 64.8. The topological polar surface area (TPSA) is 237 Å². The van der Waals surface area contributed by atoms with E-state index in [-0.39, 0.29) is 25.7 Å². The molecule has 102 heavy (non-hydrogen) atoms. The molecule has 0 radical (unpaired) electrons. The molecule has 17 nitrogen and oxygen atoms in total. The first kappa shape index (κ1) is 96.4. The van der Waals surface area contributed by atoms with Crippen LogP contribution < -0.4 is 0 Å². The summed E-state index contributed by atoms with van der Waals surface area (Å²) < 4.78 is 68.3. The number of phosphoric acid groups is 2. The highest BCUT2D eigenvalue weighted by Crippen LogP contribution is 2.45. The lowest BCUT2D eigenvalue weighted by Gasteiger charge is -2.21.